The van der Waals surface area contributed by atoms with Crippen molar-refractivity contribution < 1.29 is 18.0 Å². The van der Waals surface area contributed by atoms with Gasteiger partial charge in [0.1, 0.15) is 0 Å². The standard InChI is InChI=1S/C24H31F3N6O/c1-5-32(6-2)19(14-18-10-8-7-9-11-18)15-28-21(34)13-12-20-16(3)29-23-30-22(24(25,26)27)31-33(23)17(20)4/h7-11,19H,5-6,12-15H2,1-4H3,(H,28,34)/t19-/m0/s1. The Morgan fingerprint density at radius 1 is 1.12 bits per heavy atom. The van der Waals surface area contributed by atoms with Gasteiger partial charge < -0.3 is 5.32 Å². The Kier molecular flexibility index (Phi) is 8.24. The Bertz CT molecular complexity index is 1110. The summed E-state index contributed by atoms with van der Waals surface area (Å²) in [5.74, 6) is -1.43. The molecule has 2 aromatic heterocycles. The maximum Gasteiger partial charge on any atom is 0.453 e. The van der Waals surface area contributed by atoms with Gasteiger partial charge in [-0.3, -0.25) is 9.69 Å². The van der Waals surface area contributed by atoms with Crippen LogP contribution in [0.5, 0.6) is 0 Å². The van der Waals surface area contributed by atoms with E-state index in [0.717, 1.165) is 24.0 Å². The van der Waals surface area contributed by atoms with Crippen molar-refractivity contribution in [1.29, 1.82) is 0 Å². The van der Waals surface area contributed by atoms with E-state index < -0.39 is 12.0 Å². The van der Waals surface area contributed by atoms with Crippen LogP contribution in [-0.2, 0) is 23.8 Å². The molecule has 0 bridgehead atoms. The largest absolute Gasteiger partial charge is 0.453 e. The summed E-state index contributed by atoms with van der Waals surface area (Å²) in [6.45, 7) is 9.86. The zero-order valence-electron chi connectivity index (χ0n) is 20.0. The van der Waals surface area contributed by atoms with Crippen molar-refractivity contribution in [2.45, 2.75) is 59.2 Å². The van der Waals surface area contributed by atoms with Crippen LogP contribution in [-0.4, -0.2) is 56.1 Å². The summed E-state index contributed by atoms with van der Waals surface area (Å²) in [6, 6.07) is 10.3. The van der Waals surface area contributed by atoms with Gasteiger partial charge in [-0.25, -0.2) is 9.50 Å². The Morgan fingerprint density at radius 2 is 1.79 bits per heavy atom. The van der Waals surface area contributed by atoms with Crippen LogP contribution in [0.2, 0.25) is 0 Å². The maximum absolute atomic E-state index is 13.0. The molecule has 1 atom stereocenters. The third-order valence-electron chi connectivity index (χ3n) is 6.08. The molecule has 0 aliphatic rings. The van der Waals surface area contributed by atoms with Gasteiger partial charge in [-0.05, 0) is 50.9 Å². The number of aromatic nitrogens is 4. The fraction of sp³-hybridized carbons (Fsp3) is 0.500. The lowest BCUT2D eigenvalue weighted by Gasteiger charge is -2.30. The summed E-state index contributed by atoms with van der Waals surface area (Å²) in [4.78, 5) is 22.6. The lowest BCUT2D eigenvalue weighted by Crippen LogP contribution is -2.45. The molecule has 0 radical (unpaired) electrons. The summed E-state index contributed by atoms with van der Waals surface area (Å²) in [7, 11) is 0. The first-order valence-corrected chi connectivity index (χ1v) is 11.5. The highest BCUT2D eigenvalue weighted by Crippen LogP contribution is 2.27. The number of likely N-dealkylation sites (N-methyl/N-ethyl adjacent to an activating group) is 1. The van der Waals surface area contributed by atoms with Crippen LogP contribution < -0.4 is 5.32 Å². The van der Waals surface area contributed by atoms with E-state index in [0.29, 0.717) is 29.9 Å². The number of nitrogens with zero attached hydrogens (tertiary/aromatic N) is 5. The molecule has 0 unspecified atom stereocenters. The SMILES string of the molecule is CCN(CC)[C@H](CNC(=O)CCc1c(C)nc2nc(C(F)(F)F)nn2c1C)Cc1ccccc1. The molecule has 10 heteroatoms. The molecule has 1 aromatic carbocycles. The second kappa shape index (κ2) is 10.9. The predicted octanol–water partition coefficient (Wildman–Crippen LogP) is 3.76. The first kappa shape index (κ1) is 25.6. The Morgan fingerprint density at radius 3 is 2.41 bits per heavy atom. The molecule has 1 amide bonds. The number of alkyl halides is 3. The van der Waals surface area contributed by atoms with Gasteiger partial charge in [-0.15, -0.1) is 5.10 Å². The molecule has 3 rings (SSSR count). The van der Waals surface area contributed by atoms with Crippen LogP contribution in [0.4, 0.5) is 13.2 Å². The van der Waals surface area contributed by atoms with Gasteiger partial charge in [0.2, 0.25) is 5.91 Å². The van der Waals surface area contributed by atoms with Crippen LogP contribution in [0.25, 0.3) is 5.78 Å². The topological polar surface area (TPSA) is 75.4 Å². The average molecular weight is 477 g/mol. The maximum atomic E-state index is 13.0. The molecule has 1 N–H and O–H groups in total. The van der Waals surface area contributed by atoms with Crippen molar-refractivity contribution in [1.82, 2.24) is 29.8 Å². The number of rotatable bonds is 10. The van der Waals surface area contributed by atoms with E-state index in [2.05, 4.69) is 51.3 Å². The molecular formula is C24H31F3N6O. The molecule has 0 fully saturated rings. The monoisotopic (exact) mass is 476 g/mol. The number of nitrogens with one attached hydrogen (secondary N) is 1. The van der Waals surface area contributed by atoms with Crippen LogP contribution in [0.15, 0.2) is 30.3 Å². The molecule has 0 spiro atoms. The summed E-state index contributed by atoms with van der Waals surface area (Å²) in [6.07, 6.45) is -3.26. The van der Waals surface area contributed by atoms with E-state index >= 15 is 0 Å². The van der Waals surface area contributed by atoms with E-state index in [1.807, 2.05) is 18.2 Å². The zero-order valence-corrected chi connectivity index (χ0v) is 20.0. The van der Waals surface area contributed by atoms with Crippen molar-refractivity contribution in [3.8, 4) is 0 Å². The van der Waals surface area contributed by atoms with Crippen molar-refractivity contribution in [3.05, 3.63) is 58.7 Å². The van der Waals surface area contributed by atoms with Gasteiger partial charge in [-0.2, -0.15) is 18.2 Å². The number of carbonyl (C=O) groups is 1. The minimum absolute atomic E-state index is 0.0986. The fourth-order valence-corrected chi connectivity index (χ4v) is 4.21. The van der Waals surface area contributed by atoms with Crippen molar-refractivity contribution in [2.24, 2.45) is 0 Å². The highest BCUT2D eigenvalue weighted by atomic mass is 19.4. The normalized spacial score (nSPS) is 12.9. The van der Waals surface area contributed by atoms with Gasteiger partial charge in [0, 0.05) is 30.4 Å². The van der Waals surface area contributed by atoms with E-state index in [9.17, 15) is 18.0 Å². The minimum Gasteiger partial charge on any atom is -0.355 e. The molecular weight excluding hydrogens is 445 g/mol. The molecule has 0 aliphatic carbocycles. The highest BCUT2D eigenvalue weighted by molar-refractivity contribution is 5.76. The van der Waals surface area contributed by atoms with Crippen LogP contribution in [0, 0.1) is 13.8 Å². The number of carbonyl (C=O) groups excluding carboxylic acids is 1. The van der Waals surface area contributed by atoms with Crippen LogP contribution in [0.3, 0.4) is 0 Å². The van der Waals surface area contributed by atoms with Crippen molar-refractivity contribution >= 4 is 11.7 Å². The average Bonchev–Trinajstić information content (AvgIpc) is 3.23. The number of benzene rings is 1. The second-order valence-corrected chi connectivity index (χ2v) is 8.27. The van der Waals surface area contributed by atoms with Gasteiger partial charge in [0.25, 0.3) is 11.6 Å². The summed E-state index contributed by atoms with van der Waals surface area (Å²) >= 11 is 0. The van der Waals surface area contributed by atoms with Crippen LogP contribution >= 0.6 is 0 Å². The Labute approximate surface area is 197 Å². The molecule has 34 heavy (non-hydrogen) atoms. The fourth-order valence-electron chi connectivity index (χ4n) is 4.21. The van der Waals surface area contributed by atoms with E-state index in [4.69, 9.17) is 0 Å². The summed E-state index contributed by atoms with van der Waals surface area (Å²) < 4.78 is 40.1. The minimum atomic E-state index is -4.64. The number of fused-ring (bicyclic) bond motifs is 1. The van der Waals surface area contributed by atoms with E-state index in [1.165, 1.54) is 5.56 Å². The molecule has 0 saturated carbocycles. The zero-order chi connectivity index (χ0) is 24.9. The molecule has 184 valence electrons. The van der Waals surface area contributed by atoms with Gasteiger partial charge >= 0.3 is 6.18 Å². The third-order valence-corrected chi connectivity index (χ3v) is 6.08. The molecule has 0 saturated heterocycles. The van der Waals surface area contributed by atoms with Gasteiger partial charge in [0.05, 0.1) is 0 Å². The molecule has 7 nitrogen and oxygen atoms in total. The lowest BCUT2D eigenvalue weighted by molar-refractivity contribution is -0.144. The quantitative estimate of drug-likeness (QED) is 0.482. The van der Waals surface area contributed by atoms with Crippen molar-refractivity contribution in [3.63, 3.8) is 0 Å². The smallest absolute Gasteiger partial charge is 0.355 e. The second-order valence-electron chi connectivity index (χ2n) is 8.27. The summed E-state index contributed by atoms with van der Waals surface area (Å²) in [5.41, 5.74) is 2.96. The highest BCUT2D eigenvalue weighted by Gasteiger charge is 2.37. The molecule has 3 aromatic rings. The van der Waals surface area contributed by atoms with Gasteiger partial charge in [-0.1, -0.05) is 44.2 Å². The first-order chi connectivity index (χ1) is 16.1. The molecule has 0 aliphatic heterocycles. The van der Waals surface area contributed by atoms with Crippen molar-refractivity contribution in [2.75, 3.05) is 19.6 Å². The van der Waals surface area contributed by atoms with E-state index in [-0.39, 0.29) is 24.1 Å². The summed E-state index contributed by atoms with van der Waals surface area (Å²) in [5, 5.41) is 6.60. The van der Waals surface area contributed by atoms with E-state index in [1.54, 1.807) is 13.8 Å². The lowest BCUT2D eigenvalue weighted by atomic mass is 10.0. The van der Waals surface area contributed by atoms with Crippen LogP contribution in [0.1, 0.15) is 48.6 Å². The third kappa shape index (κ3) is 6.11. The molecule has 2 heterocycles. The number of hydrogen-bond donors (Lipinski definition) is 1. The number of aryl methyl sites for hydroxylation is 2. The number of halogens is 3. The Balaban J connectivity index is 1.66. The van der Waals surface area contributed by atoms with Gasteiger partial charge in [0.15, 0.2) is 0 Å². The predicted molar refractivity (Wildman–Crippen MR) is 123 cm³/mol. The number of amides is 1. The number of hydrogen-bond acceptors (Lipinski definition) is 5. The Hall–Kier alpha value is -3.01. The first-order valence-electron chi connectivity index (χ1n) is 11.5.